The molecule has 37 heavy (non-hydrogen) atoms. The topological polar surface area (TPSA) is 52.8 Å². The predicted molar refractivity (Wildman–Crippen MR) is 155 cm³/mol. The molecule has 0 amide bonds. The standard InChI is InChI=1S/C30H46O5Si2/c1-36(2,19-11-17-27(21-29-23-31-29)33-25-13-7-5-8-14-25)35-37(3,4)20-12-18-28(22-30-24-32-30)34-26-15-9-6-10-16-26/h5-10,13-16,27-30H,11-12,17-24H2,1-4H3. The van der Waals surface area contributed by atoms with Gasteiger partial charge in [-0.25, -0.2) is 0 Å². The highest BCUT2D eigenvalue weighted by molar-refractivity contribution is 6.84. The minimum Gasteiger partial charge on any atom is -0.490 e. The molecule has 0 saturated carbocycles. The Kier molecular flexibility index (Phi) is 10.3. The zero-order valence-corrected chi connectivity index (χ0v) is 25.2. The van der Waals surface area contributed by atoms with Crippen molar-refractivity contribution in [2.75, 3.05) is 13.2 Å². The molecule has 4 unspecified atom stereocenters. The predicted octanol–water partition coefficient (Wildman–Crippen LogP) is 7.45. The highest BCUT2D eigenvalue weighted by Crippen LogP contribution is 2.29. The molecule has 2 fully saturated rings. The molecule has 2 aromatic rings. The van der Waals surface area contributed by atoms with E-state index in [1.165, 1.54) is 12.1 Å². The summed E-state index contributed by atoms with van der Waals surface area (Å²) in [6.45, 7) is 11.3. The second-order valence-corrected chi connectivity index (χ2v) is 20.7. The van der Waals surface area contributed by atoms with Gasteiger partial charge in [0, 0.05) is 12.8 Å². The molecule has 0 spiro atoms. The molecule has 2 aliphatic rings. The van der Waals surface area contributed by atoms with Crippen molar-refractivity contribution in [2.45, 2.75) is 101 Å². The summed E-state index contributed by atoms with van der Waals surface area (Å²) in [5, 5.41) is 0. The highest BCUT2D eigenvalue weighted by Gasteiger charge is 2.34. The Hall–Kier alpha value is -1.65. The lowest BCUT2D eigenvalue weighted by atomic mass is 10.1. The van der Waals surface area contributed by atoms with Gasteiger partial charge in [-0.2, -0.15) is 0 Å². The number of hydrogen-bond acceptors (Lipinski definition) is 5. The van der Waals surface area contributed by atoms with E-state index in [2.05, 4.69) is 26.2 Å². The van der Waals surface area contributed by atoms with Gasteiger partial charge in [0.25, 0.3) is 0 Å². The van der Waals surface area contributed by atoms with Crippen molar-refractivity contribution in [1.82, 2.24) is 0 Å². The van der Waals surface area contributed by atoms with Crippen molar-refractivity contribution in [1.29, 1.82) is 0 Å². The fourth-order valence-corrected chi connectivity index (χ4v) is 14.1. The normalized spacial score (nSPS) is 20.8. The fourth-order valence-electron chi connectivity index (χ4n) is 5.19. The first-order valence-corrected chi connectivity index (χ1v) is 20.4. The minimum absolute atomic E-state index is 0.210. The third kappa shape index (κ3) is 11.3. The van der Waals surface area contributed by atoms with Gasteiger partial charge in [0.1, 0.15) is 23.7 Å². The van der Waals surface area contributed by atoms with Gasteiger partial charge in [-0.1, -0.05) is 49.2 Å². The molecule has 2 saturated heterocycles. The molecule has 2 heterocycles. The van der Waals surface area contributed by atoms with Crippen LogP contribution in [0.15, 0.2) is 60.7 Å². The van der Waals surface area contributed by atoms with Crippen LogP contribution in [-0.4, -0.2) is 54.3 Å². The SMILES string of the molecule is C[Si](C)(CCCC(CC1CO1)Oc1ccccc1)O[Si](C)(C)CCCC(CC1CO1)Oc1ccccc1. The summed E-state index contributed by atoms with van der Waals surface area (Å²) in [6.07, 6.45) is 7.53. The Morgan fingerprint density at radius 1 is 0.676 bits per heavy atom. The largest absolute Gasteiger partial charge is 0.490 e. The van der Waals surface area contributed by atoms with Gasteiger partial charge in [-0.15, -0.1) is 0 Å². The van der Waals surface area contributed by atoms with Crippen molar-refractivity contribution >= 4 is 16.6 Å². The van der Waals surface area contributed by atoms with E-state index >= 15 is 0 Å². The molecule has 204 valence electrons. The summed E-state index contributed by atoms with van der Waals surface area (Å²) in [5.41, 5.74) is 0. The van der Waals surface area contributed by atoms with Crippen LogP contribution in [-0.2, 0) is 13.6 Å². The van der Waals surface area contributed by atoms with E-state index in [4.69, 9.17) is 23.1 Å². The van der Waals surface area contributed by atoms with Gasteiger partial charge < -0.3 is 23.1 Å². The van der Waals surface area contributed by atoms with E-state index < -0.39 is 16.6 Å². The summed E-state index contributed by atoms with van der Waals surface area (Å²) in [4.78, 5) is 0. The van der Waals surface area contributed by atoms with Crippen molar-refractivity contribution in [3.63, 3.8) is 0 Å². The van der Waals surface area contributed by atoms with E-state index in [-0.39, 0.29) is 12.2 Å². The maximum atomic E-state index is 6.96. The van der Waals surface area contributed by atoms with Crippen LogP contribution in [0.25, 0.3) is 0 Å². The molecule has 0 aromatic heterocycles. The lowest BCUT2D eigenvalue weighted by Crippen LogP contribution is -2.44. The lowest BCUT2D eigenvalue weighted by Gasteiger charge is -2.34. The maximum Gasteiger partial charge on any atom is 0.173 e. The molecule has 4 atom stereocenters. The molecule has 7 heteroatoms. The Morgan fingerprint density at radius 2 is 1.05 bits per heavy atom. The molecule has 0 N–H and O–H groups in total. The molecule has 5 nitrogen and oxygen atoms in total. The van der Waals surface area contributed by atoms with Gasteiger partial charge in [-0.3, -0.25) is 0 Å². The van der Waals surface area contributed by atoms with Crippen LogP contribution >= 0.6 is 0 Å². The van der Waals surface area contributed by atoms with Gasteiger partial charge >= 0.3 is 0 Å². The number of para-hydroxylation sites is 2. The van der Waals surface area contributed by atoms with Gasteiger partial charge in [0.05, 0.1) is 25.4 Å². The molecular weight excluding hydrogens is 496 g/mol. The number of hydrogen-bond donors (Lipinski definition) is 0. The van der Waals surface area contributed by atoms with Crippen molar-refractivity contribution < 1.29 is 23.1 Å². The summed E-state index contributed by atoms with van der Waals surface area (Å²) in [7, 11) is -3.51. The fraction of sp³-hybridized carbons (Fsp3) is 0.600. The van der Waals surface area contributed by atoms with E-state index in [0.29, 0.717) is 12.2 Å². The monoisotopic (exact) mass is 542 g/mol. The van der Waals surface area contributed by atoms with E-state index in [1.807, 2.05) is 60.7 Å². The second kappa shape index (κ2) is 13.4. The summed E-state index contributed by atoms with van der Waals surface area (Å²) < 4.78 is 30.6. The third-order valence-corrected chi connectivity index (χ3v) is 14.6. The highest BCUT2D eigenvalue weighted by atomic mass is 28.4. The number of rotatable bonds is 18. The average Bonchev–Trinajstić information content (AvgIpc) is 3.77. The summed E-state index contributed by atoms with van der Waals surface area (Å²) >= 11 is 0. The Morgan fingerprint density at radius 3 is 1.41 bits per heavy atom. The molecule has 0 bridgehead atoms. The van der Waals surface area contributed by atoms with Crippen LogP contribution < -0.4 is 9.47 Å². The summed E-state index contributed by atoms with van der Waals surface area (Å²) in [5.74, 6) is 1.91. The Balaban J connectivity index is 1.19. The van der Waals surface area contributed by atoms with Crippen molar-refractivity contribution in [3.8, 4) is 11.5 Å². The Bertz CT molecular complexity index is 841. The molecule has 0 radical (unpaired) electrons. The molecule has 4 rings (SSSR count). The molecular formula is C30H46O5Si2. The first kappa shape index (κ1) is 28.4. The van der Waals surface area contributed by atoms with Crippen LogP contribution in [0.4, 0.5) is 0 Å². The number of benzene rings is 2. The molecule has 2 aliphatic heterocycles. The molecule has 0 aliphatic carbocycles. The minimum atomic E-state index is -1.75. The molecule has 2 aromatic carbocycles. The number of ether oxygens (including phenoxy) is 4. The van der Waals surface area contributed by atoms with Crippen LogP contribution in [0.2, 0.25) is 38.3 Å². The second-order valence-electron chi connectivity index (χ2n) is 11.9. The van der Waals surface area contributed by atoms with Crippen LogP contribution in [0.1, 0.15) is 38.5 Å². The van der Waals surface area contributed by atoms with Crippen molar-refractivity contribution in [2.24, 2.45) is 0 Å². The third-order valence-electron chi connectivity index (χ3n) is 7.11. The van der Waals surface area contributed by atoms with E-state index in [0.717, 1.165) is 63.2 Å². The smallest absolute Gasteiger partial charge is 0.173 e. The summed E-state index contributed by atoms with van der Waals surface area (Å²) in [6, 6.07) is 22.7. The van der Waals surface area contributed by atoms with Crippen LogP contribution in [0.3, 0.4) is 0 Å². The van der Waals surface area contributed by atoms with Gasteiger partial charge in [0.15, 0.2) is 16.6 Å². The van der Waals surface area contributed by atoms with Crippen molar-refractivity contribution in [3.05, 3.63) is 60.7 Å². The van der Waals surface area contributed by atoms with Crippen LogP contribution in [0.5, 0.6) is 11.5 Å². The van der Waals surface area contributed by atoms with Crippen LogP contribution in [0, 0.1) is 0 Å². The van der Waals surface area contributed by atoms with E-state index in [9.17, 15) is 0 Å². The quantitative estimate of drug-likeness (QED) is 0.145. The van der Waals surface area contributed by atoms with Gasteiger partial charge in [-0.05, 0) is 75.4 Å². The van der Waals surface area contributed by atoms with E-state index in [1.54, 1.807) is 0 Å². The first-order valence-electron chi connectivity index (χ1n) is 14.1. The Labute approximate surface area is 226 Å². The number of epoxide rings is 2. The van der Waals surface area contributed by atoms with Gasteiger partial charge in [0.2, 0.25) is 0 Å². The average molecular weight is 543 g/mol. The first-order chi connectivity index (χ1) is 17.8. The zero-order chi connectivity index (χ0) is 26.1. The lowest BCUT2D eigenvalue weighted by molar-refractivity contribution is 0.166. The maximum absolute atomic E-state index is 6.96. The zero-order valence-electron chi connectivity index (χ0n) is 23.2.